The van der Waals surface area contributed by atoms with Crippen LogP contribution in [0.5, 0.6) is 0 Å². The van der Waals surface area contributed by atoms with Crippen molar-refractivity contribution in [3.05, 3.63) is 57.7 Å². The van der Waals surface area contributed by atoms with Crippen molar-refractivity contribution in [3.8, 4) is 0 Å². The maximum Gasteiger partial charge on any atom is 0.253 e. The van der Waals surface area contributed by atoms with Gasteiger partial charge >= 0.3 is 0 Å². The van der Waals surface area contributed by atoms with E-state index in [1.54, 1.807) is 30.5 Å². The highest BCUT2D eigenvalue weighted by atomic mass is 35.5. The van der Waals surface area contributed by atoms with Gasteiger partial charge in [-0.2, -0.15) is 0 Å². The molecule has 6 heteroatoms. The third kappa shape index (κ3) is 4.86. The van der Waals surface area contributed by atoms with Crippen LogP contribution in [0.15, 0.2) is 36.5 Å². The van der Waals surface area contributed by atoms with Crippen LogP contribution in [0.4, 0.5) is 5.82 Å². The Morgan fingerprint density at radius 2 is 2.00 bits per heavy atom. The number of pyridine rings is 1. The van der Waals surface area contributed by atoms with Crippen molar-refractivity contribution in [2.75, 3.05) is 18.0 Å². The Labute approximate surface area is 152 Å². The van der Waals surface area contributed by atoms with Gasteiger partial charge in [0.1, 0.15) is 5.82 Å². The van der Waals surface area contributed by atoms with E-state index in [1.165, 1.54) is 0 Å². The van der Waals surface area contributed by atoms with E-state index in [-0.39, 0.29) is 5.91 Å². The summed E-state index contributed by atoms with van der Waals surface area (Å²) < 4.78 is 0. The minimum atomic E-state index is -0.182. The number of hydrogen-bond acceptors (Lipinski definition) is 3. The monoisotopic (exact) mass is 365 g/mol. The molecule has 0 saturated carbocycles. The van der Waals surface area contributed by atoms with Crippen molar-refractivity contribution >= 4 is 34.9 Å². The topological polar surface area (TPSA) is 45.2 Å². The fourth-order valence-corrected chi connectivity index (χ4v) is 2.83. The number of carbonyl (C=O) groups is 1. The molecule has 24 heavy (non-hydrogen) atoms. The second kappa shape index (κ2) is 8.90. The number of nitrogens with one attached hydrogen (secondary N) is 1. The standard InChI is InChI=1S/C18H21Cl2N3O/c1-3-9-23(4-2)17-8-6-14(12-21-17)18(24)22-11-13-5-7-15(19)10-16(13)20/h5-8,10,12H,3-4,9,11H2,1-2H3,(H,22,24). The first-order valence-electron chi connectivity index (χ1n) is 7.98. The molecule has 1 aromatic carbocycles. The van der Waals surface area contributed by atoms with Gasteiger partial charge in [-0.3, -0.25) is 4.79 Å². The predicted molar refractivity (Wildman–Crippen MR) is 100 cm³/mol. The van der Waals surface area contributed by atoms with E-state index in [0.29, 0.717) is 22.2 Å². The molecule has 1 amide bonds. The van der Waals surface area contributed by atoms with E-state index in [2.05, 4.69) is 29.0 Å². The van der Waals surface area contributed by atoms with E-state index in [4.69, 9.17) is 23.2 Å². The Balaban J connectivity index is 1.99. The second-order valence-electron chi connectivity index (χ2n) is 5.40. The van der Waals surface area contributed by atoms with Crippen molar-refractivity contribution in [2.45, 2.75) is 26.8 Å². The molecule has 0 aliphatic carbocycles. The SMILES string of the molecule is CCCN(CC)c1ccc(C(=O)NCc2ccc(Cl)cc2Cl)cn1. The molecule has 0 unspecified atom stereocenters. The van der Waals surface area contributed by atoms with Gasteiger partial charge in [0, 0.05) is 35.9 Å². The number of carbonyl (C=O) groups excluding carboxylic acids is 1. The Bertz CT molecular complexity index is 689. The Morgan fingerprint density at radius 1 is 1.21 bits per heavy atom. The summed E-state index contributed by atoms with van der Waals surface area (Å²) in [6, 6.07) is 8.88. The van der Waals surface area contributed by atoms with Gasteiger partial charge in [-0.05, 0) is 43.2 Å². The van der Waals surface area contributed by atoms with Crippen LogP contribution in [-0.4, -0.2) is 24.0 Å². The van der Waals surface area contributed by atoms with Gasteiger partial charge in [-0.15, -0.1) is 0 Å². The summed E-state index contributed by atoms with van der Waals surface area (Å²) >= 11 is 12.0. The van der Waals surface area contributed by atoms with Crippen LogP contribution in [0.25, 0.3) is 0 Å². The first-order chi connectivity index (χ1) is 11.5. The highest BCUT2D eigenvalue weighted by molar-refractivity contribution is 6.35. The first kappa shape index (κ1) is 18.6. The van der Waals surface area contributed by atoms with Gasteiger partial charge < -0.3 is 10.2 Å². The molecule has 0 spiro atoms. The number of rotatable bonds is 7. The summed E-state index contributed by atoms with van der Waals surface area (Å²) in [5.41, 5.74) is 1.34. The van der Waals surface area contributed by atoms with Gasteiger partial charge in [0.25, 0.3) is 5.91 Å². The fraction of sp³-hybridized carbons (Fsp3) is 0.333. The minimum Gasteiger partial charge on any atom is -0.357 e. The largest absolute Gasteiger partial charge is 0.357 e. The molecule has 128 valence electrons. The lowest BCUT2D eigenvalue weighted by molar-refractivity contribution is 0.0950. The molecule has 1 aromatic heterocycles. The summed E-state index contributed by atoms with van der Waals surface area (Å²) in [6.45, 7) is 6.40. The van der Waals surface area contributed by atoms with Crippen LogP contribution >= 0.6 is 23.2 Å². The lowest BCUT2D eigenvalue weighted by Crippen LogP contribution is -2.25. The number of hydrogen-bond donors (Lipinski definition) is 1. The summed E-state index contributed by atoms with van der Waals surface area (Å²) in [7, 11) is 0. The molecular weight excluding hydrogens is 345 g/mol. The highest BCUT2D eigenvalue weighted by Gasteiger charge is 2.10. The number of aromatic nitrogens is 1. The van der Waals surface area contributed by atoms with Gasteiger partial charge in [0.05, 0.1) is 5.56 Å². The molecule has 0 fully saturated rings. The maximum absolute atomic E-state index is 12.2. The Morgan fingerprint density at radius 3 is 2.58 bits per heavy atom. The molecule has 0 aliphatic rings. The van der Waals surface area contributed by atoms with Crippen molar-refractivity contribution in [2.24, 2.45) is 0 Å². The molecule has 0 saturated heterocycles. The predicted octanol–water partition coefficient (Wildman–Crippen LogP) is 4.55. The summed E-state index contributed by atoms with van der Waals surface area (Å²) in [5, 5.41) is 3.95. The average molecular weight is 366 g/mol. The summed E-state index contributed by atoms with van der Waals surface area (Å²) in [5.74, 6) is 0.704. The van der Waals surface area contributed by atoms with E-state index in [9.17, 15) is 4.79 Å². The normalized spacial score (nSPS) is 10.5. The lowest BCUT2D eigenvalue weighted by Gasteiger charge is -2.21. The van der Waals surface area contributed by atoms with E-state index in [0.717, 1.165) is 30.9 Å². The number of nitrogens with zero attached hydrogens (tertiary/aromatic N) is 2. The molecule has 2 rings (SSSR count). The molecule has 0 atom stereocenters. The molecule has 0 radical (unpaired) electrons. The van der Waals surface area contributed by atoms with Crippen LogP contribution in [-0.2, 0) is 6.54 Å². The third-order valence-electron chi connectivity index (χ3n) is 3.66. The van der Waals surface area contributed by atoms with E-state index < -0.39 is 0 Å². The van der Waals surface area contributed by atoms with Crippen molar-refractivity contribution in [3.63, 3.8) is 0 Å². The molecule has 0 aliphatic heterocycles. The Hall–Kier alpha value is -1.78. The summed E-state index contributed by atoms with van der Waals surface area (Å²) in [4.78, 5) is 18.8. The smallest absolute Gasteiger partial charge is 0.253 e. The first-order valence-corrected chi connectivity index (χ1v) is 8.73. The van der Waals surface area contributed by atoms with Gasteiger partial charge in [-0.1, -0.05) is 36.2 Å². The molecule has 1 N–H and O–H groups in total. The van der Waals surface area contributed by atoms with Crippen LogP contribution in [0.3, 0.4) is 0 Å². The quantitative estimate of drug-likeness (QED) is 0.782. The lowest BCUT2D eigenvalue weighted by atomic mass is 10.2. The van der Waals surface area contributed by atoms with E-state index >= 15 is 0 Å². The van der Waals surface area contributed by atoms with Crippen molar-refractivity contribution in [1.29, 1.82) is 0 Å². The van der Waals surface area contributed by atoms with E-state index in [1.807, 2.05) is 6.07 Å². The Kier molecular flexibility index (Phi) is 6.88. The number of amides is 1. The zero-order valence-electron chi connectivity index (χ0n) is 13.9. The highest BCUT2D eigenvalue weighted by Crippen LogP contribution is 2.21. The molecule has 1 heterocycles. The molecular formula is C18H21Cl2N3O. The van der Waals surface area contributed by atoms with Gasteiger partial charge in [-0.25, -0.2) is 4.98 Å². The second-order valence-corrected chi connectivity index (χ2v) is 6.25. The van der Waals surface area contributed by atoms with Gasteiger partial charge in [0.2, 0.25) is 0 Å². The zero-order chi connectivity index (χ0) is 17.5. The van der Waals surface area contributed by atoms with Crippen molar-refractivity contribution < 1.29 is 4.79 Å². The van der Waals surface area contributed by atoms with Crippen LogP contribution in [0, 0.1) is 0 Å². The third-order valence-corrected chi connectivity index (χ3v) is 4.25. The van der Waals surface area contributed by atoms with Crippen LogP contribution in [0.2, 0.25) is 10.0 Å². The maximum atomic E-state index is 12.2. The molecule has 2 aromatic rings. The molecule has 0 bridgehead atoms. The van der Waals surface area contributed by atoms with Gasteiger partial charge in [0.15, 0.2) is 0 Å². The molecule has 4 nitrogen and oxygen atoms in total. The van der Waals surface area contributed by atoms with Crippen LogP contribution < -0.4 is 10.2 Å². The number of halogens is 2. The average Bonchev–Trinajstić information content (AvgIpc) is 2.59. The zero-order valence-corrected chi connectivity index (χ0v) is 15.4. The van der Waals surface area contributed by atoms with Crippen molar-refractivity contribution in [1.82, 2.24) is 10.3 Å². The minimum absolute atomic E-state index is 0.182. The fourth-order valence-electron chi connectivity index (χ4n) is 2.35. The number of benzene rings is 1. The van der Waals surface area contributed by atoms with Crippen LogP contribution in [0.1, 0.15) is 36.2 Å². The number of anilines is 1. The summed E-state index contributed by atoms with van der Waals surface area (Å²) in [6.07, 6.45) is 2.66.